The molecule has 0 saturated carbocycles. The van der Waals surface area contributed by atoms with E-state index in [4.69, 9.17) is 4.99 Å². The molecule has 0 N–H and O–H groups in total. The van der Waals surface area contributed by atoms with Gasteiger partial charge in [-0.3, -0.25) is 9.98 Å². The molecule has 4 rings (SSSR count). The minimum atomic E-state index is 0.642. The summed E-state index contributed by atoms with van der Waals surface area (Å²) in [4.78, 5) is 13.3. The molecular weight excluding hydrogens is 270 g/mol. The van der Waals surface area contributed by atoms with E-state index < -0.39 is 0 Å². The van der Waals surface area contributed by atoms with Gasteiger partial charge in [-0.25, -0.2) is 4.99 Å². The van der Waals surface area contributed by atoms with Gasteiger partial charge >= 0.3 is 0 Å². The van der Waals surface area contributed by atoms with Crippen LogP contribution >= 0.6 is 0 Å². The van der Waals surface area contributed by atoms with Gasteiger partial charge < -0.3 is 0 Å². The number of aryl methyl sites for hydroxylation is 1. The molecule has 2 aromatic rings. The Labute approximate surface area is 130 Å². The monoisotopic (exact) mass is 287 g/mol. The third-order valence-corrected chi connectivity index (χ3v) is 4.31. The molecule has 0 spiro atoms. The van der Waals surface area contributed by atoms with Crippen molar-refractivity contribution in [1.82, 2.24) is 4.98 Å². The Hall–Kier alpha value is -2.55. The summed E-state index contributed by atoms with van der Waals surface area (Å²) in [7, 11) is 0. The zero-order valence-corrected chi connectivity index (χ0v) is 12.4. The molecule has 0 amide bonds. The molecule has 108 valence electrons. The number of aromatic nitrogens is 1. The standard InChI is InChI=1S/C19H17N3/c1-13-3-2-4-14-5-6-16(11-17(13)14)18-12-21-19(22-18)15-7-9-20-10-8-15/h5-11H,1-4,12H2. The van der Waals surface area contributed by atoms with E-state index in [9.17, 15) is 0 Å². The highest BCUT2D eigenvalue weighted by molar-refractivity contribution is 6.17. The molecule has 3 nitrogen and oxygen atoms in total. The molecule has 2 heterocycles. The van der Waals surface area contributed by atoms with Crippen LogP contribution < -0.4 is 0 Å². The highest BCUT2D eigenvalue weighted by Gasteiger charge is 2.17. The molecule has 0 saturated heterocycles. The fourth-order valence-corrected chi connectivity index (χ4v) is 3.09. The molecule has 2 aliphatic rings. The molecule has 22 heavy (non-hydrogen) atoms. The molecule has 3 heteroatoms. The predicted octanol–water partition coefficient (Wildman–Crippen LogP) is 3.68. The molecule has 0 unspecified atom stereocenters. The first kappa shape index (κ1) is 13.1. The van der Waals surface area contributed by atoms with Crippen LogP contribution in [0.25, 0.3) is 5.57 Å². The topological polar surface area (TPSA) is 37.6 Å². The number of allylic oxidation sites excluding steroid dienone is 1. The summed E-state index contributed by atoms with van der Waals surface area (Å²) < 4.78 is 0. The maximum atomic E-state index is 4.71. The van der Waals surface area contributed by atoms with E-state index in [1.54, 1.807) is 12.4 Å². The van der Waals surface area contributed by atoms with Crippen molar-refractivity contribution in [2.24, 2.45) is 9.98 Å². The van der Waals surface area contributed by atoms with Gasteiger partial charge in [0.05, 0.1) is 12.3 Å². The summed E-state index contributed by atoms with van der Waals surface area (Å²) in [6.07, 6.45) is 7.01. The average molecular weight is 287 g/mol. The Morgan fingerprint density at radius 3 is 2.68 bits per heavy atom. The van der Waals surface area contributed by atoms with E-state index in [1.165, 1.54) is 23.1 Å². The van der Waals surface area contributed by atoms with Crippen LogP contribution in [-0.2, 0) is 6.42 Å². The van der Waals surface area contributed by atoms with Crippen LogP contribution in [0, 0.1) is 0 Å². The molecule has 1 aromatic carbocycles. The van der Waals surface area contributed by atoms with Crippen LogP contribution in [0.2, 0.25) is 0 Å². The molecule has 0 radical (unpaired) electrons. The molecule has 1 aliphatic carbocycles. The molecule has 0 atom stereocenters. The molecular formula is C19H17N3. The lowest BCUT2D eigenvalue weighted by Crippen LogP contribution is -2.07. The number of pyridine rings is 1. The summed E-state index contributed by atoms with van der Waals surface area (Å²) in [5.41, 5.74) is 7.18. The number of nitrogens with zero attached hydrogens (tertiary/aromatic N) is 3. The summed E-state index contributed by atoms with van der Waals surface area (Å²) >= 11 is 0. The highest BCUT2D eigenvalue weighted by atomic mass is 15.0. The van der Waals surface area contributed by atoms with Gasteiger partial charge in [-0.05, 0) is 59.7 Å². The second kappa shape index (κ2) is 5.34. The number of amidine groups is 1. The Balaban J connectivity index is 1.67. The largest absolute Gasteiger partial charge is 0.265 e. The quantitative estimate of drug-likeness (QED) is 0.830. The minimum Gasteiger partial charge on any atom is -0.265 e. The van der Waals surface area contributed by atoms with Gasteiger partial charge in [-0.15, -0.1) is 0 Å². The number of benzene rings is 1. The first-order valence-corrected chi connectivity index (χ1v) is 7.65. The first-order chi connectivity index (χ1) is 10.8. The Kier molecular flexibility index (Phi) is 3.19. The van der Waals surface area contributed by atoms with Gasteiger partial charge in [0.15, 0.2) is 5.84 Å². The van der Waals surface area contributed by atoms with Crippen LogP contribution in [0.4, 0.5) is 0 Å². The number of hydrogen-bond donors (Lipinski definition) is 0. The number of rotatable bonds is 2. The van der Waals surface area contributed by atoms with Crippen molar-refractivity contribution in [2.75, 3.05) is 6.54 Å². The van der Waals surface area contributed by atoms with Gasteiger partial charge in [0.1, 0.15) is 0 Å². The Morgan fingerprint density at radius 1 is 0.955 bits per heavy atom. The maximum Gasteiger partial charge on any atom is 0.155 e. The van der Waals surface area contributed by atoms with E-state index in [1.807, 2.05) is 12.1 Å². The number of hydrogen-bond acceptors (Lipinski definition) is 3. The molecule has 0 bridgehead atoms. The smallest absolute Gasteiger partial charge is 0.155 e. The van der Waals surface area contributed by atoms with E-state index in [0.717, 1.165) is 35.5 Å². The highest BCUT2D eigenvalue weighted by Crippen LogP contribution is 2.30. The molecule has 1 aliphatic heterocycles. The van der Waals surface area contributed by atoms with Gasteiger partial charge in [0.25, 0.3) is 0 Å². The fourth-order valence-electron chi connectivity index (χ4n) is 3.09. The van der Waals surface area contributed by atoms with E-state index >= 15 is 0 Å². The fraction of sp³-hybridized carbons (Fsp3) is 0.211. The third-order valence-electron chi connectivity index (χ3n) is 4.31. The van der Waals surface area contributed by atoms with Gasteiger partial charge in [-0.2, -0.15) is 0 Å². The number of fused-ring (bicyclic) bond motifs is 1. The summed E-state index contributed by atoms with van der Waals surface area (Å²) in [6.45, 7) is 4.85. The second-order valence-electron chi connectivity index (χ2n) is 5.76. The van der Waals surface area contributed by atoms with Crippen LogP contribution in [0.15, 0.2) is 59.3 Å². The normalized spacial score (nSPS) is 17.0. The number of aliphatic imine (C=N–C) groups is 2. The van der Waals surface area contributed by atoms with Gasteiger partial charge in [-0.1, -0.05) is 18.7 Å². The average Bonchev–Trinajstić information content (AvgIpc) is 3.06. The van der Waals surface area contributed by atoms with Crippen LogP contribution in [0.3, 0.4) is 0 Å². The van der Waals surface area contributed by atoms with Crippen molar-refractivity contribution in [3.8, 4) is 0 Å². The third kappa shape index (κ3) is 2.29. The summed E-state index contributed by atoms with van der Waals surface area (Å²) in [5, 5.41) is 0. The van der Waals surface area contributed by atoms with Crippen LogP contribution in [0.1, 0.15) is 35.1 Å². The van der Waals surface area contributed by atoms with E-state index in [-0.39, 0.29) is 0 Å². The molecule has 1 aromatic heterocycles. The van der Waals surface area contributed by atoms with Crippen LogP contribution in [0.5, 0.6) is 0 Å². The van der Waals surface area contributed by atoms with Crippen molar-refractivity contribution in [1.29, 1.82) is 0 Å². The SMILES string of the molecule is C=C1CCCc2ccc(C3=NC(c4ccncc4)=NC3)cc21. The first-order valence-electron chi connectivity index (χ1n) is 7.65. The predicted molar refractivity (Wildman–Crippen MR) is 90.6 cm³/mol. The summed E-state index contributed by atoms with van der Waals surface area (Å²) in [5.74, 6) is 0.800. The van der Waals surface area contributed by atoms with E-state index in [2.05, 4.69) is 34.8 Å². The van der Waals surface area contributed by atoms with Crippen molar-refractivity contribution in [3.05, 3.63) is 71.6 Å². The van der Waals surface area contributed by atoms with Gasteiger partial charge in [0, 0.05) is 18.0 Å². The van der Waals surface area contributed by atoms with Crippen LogP contribution in [-0.4, -0.2) is 23.1 Å². The minimum absolute atomic E-state index is 0.642. The summed E-state index contributed by atoms with van der Waals surface area (Å²) in [6, 6.07) is 10.5. The second-order valence-corrected chi connectivity index (χ2v) is 5.76. The van der Waals surface area contributed by atoms with Crippen molar-refractivity contribution in [2.45, 2.75) is 19.3 Å². The van der Waals surface area contributed by atoms with Crippen molar-refractivity contribution in [3.63, 3.8) is 0 Å². The lowest BCUT2D eigenvalue weighted by Gasteiger charge is -2.18. The zero-order chi connectivity index (χ0) is 14.9. The Bertz CT molecular complexity index is 801. The van der Waals surface area contributed by atoms with Gasteiger partial charge in [0.2, 0.25) is 0 Å². The van der Waals surface area contributed by atoms with Crippen molar-refractivity contribution < 1.29 is 0 Å². The molecule has 0 fully saturated rings. The zero-order valence-electron chi connectivity index (χ0n) is 12.4. The Morgan fingerprint density at radius 2 is 1.82 bits per heavy atom. The maximum absolute atomic E-state index is 4.71. The lowest BCUT2D eigenvalue weighted by atomic mass is 9.86. The van der Waals surface area contributed by atoms with Crippen molar-refractivity contribution >= 4 is 17.1 Å². The van der Waals surface area contributed by atoms with E-state index in [0.29, 0.717) is 6.54 Å². The lowest BCUT2D eigenvalue weighted by molar-refractivity contribution is 0.823.